The number of alkyl halides is 1. The molecular formula is C12H15BrClNS. The lowest BCUT2D eigenvalue weighted by Gasteiger charge is -2.23. The maximum Gasteiger partial charge on any atom is 0.117 e. The van der Waals surface area contributed by atoms with Crippen LogP contribution in [0.4, 0.5) is 0 Å². The van der Waals surface area contributed by atoms with E-state index in [4.69, 9.17) is 11.6 Å². The average molecular weight is 321 g/mol. The monoisotopic (exact) mass is 319 g/mol. The maximum atomic E-state index is 5.89. The highest BCUT2D eigenvalue weighted by Gasteiger charge is 2.17. The van der Waals surface area contributed by atoms with Gasteiger partial charge in [0.05, 0.1) is 6.20 Å². The molecular weight excluding hydrogens is 306 g/mol. The fraction of sp³-hybridized carbons (Fsp3) is 0.583. The third kappa shape index (κ3) is 3.31. The van der Waals surface area contributed by atoms with Crippen molar-refractivity contribution in [3.63, 3.8) is 0 Å². The number of thiazole rings is 1. The number of hydrogen-bond donors (Lipinski definition) is 0. The van der Waals surface area contributed by atoms with Crippen LogP contribution in [0.25, 0.3) is 6.08 Å². The van der Waals surface area contributed by atoms with Crippen molar-refractivity contribution in [1.29, 1.82) is 0 Å². The molecule has 4 heteroatoms. The Kier molecular flexibility index (Phi) is 4.86. The molecule has 0 N–H and O–H groups in total. The Morgan fingerprint density at radius 3 is 2.81 bits per heavy atom. The molecule has 0 aliphatic heterocycles. The summed E-state index contributed by atoms with van der Waals surface area (Å²) >= 11 is 11.0. The van der Waals surface area contributed by atoms with Crippen molar-refractivity contribution in [2.45, 2.75) is 32.1 Å². The van der Waals surface area contributed by atoms with Gasteiger partial charge in [-0.15, -0.1) is 11.3 Å². The van der Waals surface area contributed by atoms with Gasteiger partial charge in [-0.05, 0) is 24.8 Å². The number of hydrogen-bond acceptors (Lipinski definition) is 2. The Balaban J connectivity index is 2.11. The predicted octanol–water partition coefficient (Wildman–Crippen LogP) is 5.16. The minimum Gasteiger partial charge on any atom is -0.244 e. The Labute approximate surface area is 114 Å². The lowest BCUT2D eigenvalue weighted by molar-refractivity contribution is 0.405. The molecule has 1 nitrogen and oxygen atoms in total. The van der Waals surface area contributed by atoms with Crippen LogP contribution in [0.5, 0.6) is 0 Å². The van der Waals surface area contributed by atoms with E-state index in [1.165, 1.54) is 37.7 Å². The first kappa shape index (κ1) is 12.6. The van der Waals surface area contributed by atoms with Crippen LogP contribution in [0.3, 0.4) is 0 Å². The second-order valence-corrected chi connectivity index (χ2v) is 6.44. The van der Waals surface area contributed by atoms with E-state index in [1.807, 2.05) is 0 Å². The summed E-state index contributed by atoms with van der Waals surface area (Å²) in [5.74, 6) is 0.746. The van der Waals surface area contributed by atoms with Gasteiger partial charge in [0, 0.05) is 5.33 Å². The van der Waals surface area contributed by atoms with Gasteiger partial charge in [-0.1, -0.05) is 52.4 Å². The molecule has 0 aromatic carbocycles. The Morgan fingerprint density at radius 1 is 1.50 bits per heavy atom. The predicted molar refractivity (Wildman–Crippen MR) is 75.5 cm³/mol. The van der Waals surface area contributed by atoms with Gasteiger partial charge in [0.25, 0.3) is 0 Å². The molecule has 0 bridgehead atoms. The number of allylic oxidation sites excluding steroid dienone is 1. The molecule has 0 radical (unpaired) electrons. The third-order valence-electron chi connectivity index (χ3n) is 3.09. The van der Waals surface area contributed by atoms with E-state index in [2.05, 4.69) is 27.0 Å². The average Bonchev–Trinajstić information content (AvgIpc) is 2.73. The highest BCUT2D eigenvalue weighted by Crippen LogP contribution is 2.32. The molecule has 1 aliphatic carbocycles. The second kappa shape index (κ2) is 6.18. The van der Waals surface area contributed by atoms with Gasteiger partial charge in [-0.25, -0.2) is 4.98 Å². The fourth-order valence-electron chi connectivity index (χ4n) is 2.23. The lowest BCUT2D eigenvalue weighted by Crippen LogP contribution is -2.09. The minimum atomic E-state index is 0.746. The summed E-state index contributed by atoms with van der Waals surface area (Å²) < 4.78 is 0.767. The zero-order valence-corrected chi connectivity index (χ0v) is 12.2. The summed E-state index contributed by atoms with van der Waals surface area (Å²) in [6.07, 6.45) is 10.7. The third-order valence-corrected chi connectivity index (χ3v) is 4.80. The van der Waals surface area contributed by atoms with Gasteiger partial charge in [0.15, 0.2) is 0 Å². The zero-order chi connectivity index (χ0) is 11.4. The molecule has 0 saturated heterocycles. The molecule has 0 unspecified atom stereocenters. The summed E-state index contributed by atoms with van der Waals surface area (Å²) in [5.41, 5.74) is 1.48. The smallest absolute Gasteiger partial charge is 0.117 e. The first-order valence-electron chi connectivity index (χ1n) is 5.67. The largest absolute Gasteiger partial charge is 0.244 e. The highest BCUT2D eigenvalue weighted by molar-refractivity contribution is 9.09. The van der Waals surface area contributed by atoms with Crippen LogP contribution in [-0.2, 0) is 0 Å². The topological polar surface area (TPSA) is 12.9 Å². The van der Waals surface area contributed by atoms with Crippen molar-refractivity contribution in [2.75, 3.05) is 5.33 Å². The summed E-state index contributed by atoms with van der Waals surface area (Å²) in [7, 11) is 0. The minimum absolute atomic E-state index is 0.746. The van der Waals surface area contributed by atoms with E-state index in [1.54, 1.807) is 17.5 Å². The number of halogens is 2. The van der Waals surface area contributed by atoms with E-state index in [0.717, 1.165) is 20.6 Å². The molecule has 1 heterocycles. The molecule has 0 spiro atoms. The maximum absolute atomic E-state index is 5.89. The van der Waals surface area contributed by atoms with Gasteiger partial charge >= 0.3 is 0 Å². The zero-order valence-electron chi connectivity index (χ0n) is 9.09. The van der Waals surface area contributed by atoms with Crippen molar-refractivity contribution in [1.82, 2.24) is 4.98 Å². The van der Waals surface area contributed by atoms with Gasteiger partial charge in [-0.3, -0.25) is 0 Å². The molecule has 0 amide bonds. The quantitative estimate of drug-likeness (QED) is 0.701. The number of rotatable bonds is 3. The van der Waals surface area contributed by atoms with Crippen molar-refractivity contribution >= 4 is 44.9 Å². The molecule has 16 heavy (non-hydrogen) atoms. The summed E-state index contributed by atoms with van der Waals surface area (Å²) in [4.78, 5) is 4.29. The van der Waals surface area contributed by atoms with Crippen LogP contribution in [0, 0.1) is 5.92 Å². The fourth-order valence-corrected chi connectivity index (χ4v) is 3.76. The van der Waals surface area contributed by atoms with Crippen LogP contribution in [0.1, 0.15) is 37.1 Å². The van der Waals surface area contributed by atoms with Crippen LogP contribution < -0.4 is 0 Å². The Morgan fingerprint density at radius 2 is 2.25 bits per heavy atom. The van der Waals surface area contributed by atoms with E-state index < -0.39 is 0 Å². The van der Waals surface area contributed by atoms with Gasteiger partial charge in [0.2, 0.25) is 0 Å². The molecule has 88 valence electrons. The van der Waals surface area contributed by atoms with E-state index in [-0.39, 0.29) is 0 Å². The SMILES string of the molecule is Clc1cnc(/C=C(/CBr)C2CCCCC2)s1. The molecule has 1 aromatic heterocycles. The first-order valence-corrected chi connectivity index (χ1v) is 7.99. The number of aromatic nitrogens is 1. The van der Waals surface area contributed by atoms with Gasteiger partial charge < -0.3 is 0 Å². The van der Waals surface area contributed by atoms with Crippen LogP contribution in [0.2, 0.25) is 4.34 Å². The molecule has 1 saturated carbocycles. The van der Waals surface area contributed by atoms with Crippen LogP contribution in [0.15, 0.2) is 11.8 Å². The summed E-state index contributed by atoms with van der Waals surface area (Å²) in [6, 6.07) is 0. The number of nitrogens with zero attached hydrogens (tertiary/aromatic N) is 1. The van der Waals surface area contributed by atoms with Crippen molar-refractivity contribution < 1.29 is 0 Å². The van der Waals surface area contributed by atoms with Gasteiger partial charge in [0.1, 0.15) is 9.34 Å². The molecule has 1 aliphatic rings. The second-order valence-electron chi connectivity index (χ2n) is 4.19. The normalized spacial score (nSPS) is 19.0. The summed E-state index contributed by atoms with van der Waals surface area (Å²) in [6.45, 7) is 0. The van der Waals surface area contributed by atoms with E-state index in [9.17, 15) is 0 Å². The van der Waals surface area contributed by atoms with Gasteiger partial charge in [-0.2, -0.15) is 0 Å². The standard InChI is InChI=1S/C12H15BrClNS/c13-7-10(9-4-2-1-3-5-9)6-12-15-8-11(14)16-12/h6,8-9H,1-5,7H2/b10-6-. The molecule has 2 rings (SSSR count). The Hall–Kier alpha value is 0.140. The molecule has 1 aromatic rings. The Bertz CT molecular complexity index is 369. The van der Waals surface area contributed by atoms with Crippen molar-refractivity contribution in [3.8, 4) is 0 Å². The van der Waals surface area contributed by atoms with Crippen molar-refractivity contribution in [3.05, 3.63) is 21.1 Å². The lowest BCUT2D eigenvalue weighted by atomic mass is 9.84. The summed E-state index contributed by atoms with van der Waals surface area (Å²) in [5, 5.41) is 1.99. The van der Waals surface area contributed by atoms with Crippen molar-refractivity contribution in [2.24, 2.45) is 5.92 Å². The van der Waals surface area contributed by atoms with Crippen LogP contribution in [-0.4, -0.2) is 10.3 Å². The first-order chi connectivity index (χ1) is 7.79. The molecule has 0 atom stereocenters. The molecule has 1 fully saturated rings. The van der Waals surface area contributed by atoms with E-state index >= 15 is 0 Å². The van der Waals surface area contributed by atoms with E-state index in [0.29, 0.717) is 0 Å². The highest BCUT2D eigenvalue weighted by atomic mass is 79.9. The van der Waals surface area contributed by atoms with Crippen LogP contribution >= 0.6 is 38.9 Å².